The van der Waals surface area contributed by atoms with Crippen LogP contribution in [0.1, 0.15) is 44.6 Å². The monoisotopic (exact) mass is 291 g/mol. The second-order valence-electron chi connectivity index (χ2n) is 6.09. The largest absolute Gasteiger partial charge is 0.497 e. The molecule has 1 N–H and O–H groups in total. The number of nitrogens with one attached hydrogen (secondary N) is 1. The lowest BCUT2D eigenvalue weighted by Crippen LogP contribution is -2.46. The van der Waals surface area contributed by atoms with Crippen LogP contribution in [0.4, 0.5) is 0 Å². The molecule has 1 unspecified atom stereocenters. The Morgan fingerprint density at radius 2 is 1.90 bits per heavy atom. The number of hydrogen-bond donors (Lipinski definition) is 1. The van der Waals surface area contributed by atoms with Gasteiger partial charge in [-0.2, -0.15) is 0 Å². The summed E-state index contributed by atoms with van der Waals surface area (Å²) in [7, 11) is 3.57. The summed E-state index contributed by atoms with van der Waals surface area (Å²) in [6, 6.07) is 8.95. The first-order valence-electron chi connectivity index (χ1n) is 8.13. The molecule has 0 spiro atoms. The van der Waals surface area contributed by atoms with Crippen LogP contribution < -0.4 is 10.1 Å². The molecule has 1 saturated carbocycles. The number of hydrogen-bond acceptors (Lipinski definition) is 3. The van der Waals surface area contributed by atoms with Crippen molar-refractivity contribution in [2.75, 3.05) is 20.8 Å². The third-order valence-corrected chi connectivity index (χ3v) is 4.75. The van der Waals surface area contributed by atoms with Gasteiger partial charge in [0.2, 0.25) is 0 Å². The molecule has 0 saturated heterocycles. The minimum absolute atomic E-state index is 0.146. The normalized spacial score (nSPS) is 18.0. The fourth-order valence-electron chi connectivity index (χ4n) is 3.21. The van der Waals surface area contributed by atoms with Crippen LogP contribution in [-0.2, 0) is 11.2 Å². The van der Waals surface area contributed by atoms with Gasteiger partial charge in [0.15, 0.2) is 0 Å². The summed E-state index contributed by atoms with van der Waals surface area (Å²) in [6.07, 6.45) is 7.13. The van der Waals surface area contributed by atoms with Crippen LogP contribution in [0.25, 0.3) is 0 Å². The summed E-state index contributed by atoms with van der Waals surface area (Å²) < 4.78 is 11.0. The summed E-state index contributed by atoms with van der Waals surface area (Å²) in [6.45, 7) is 3.20. The molecule has 1 aromatic carbocycles. The van der Waals surface area contributed by atoms with E-state index in [1.807, 2.05) is 19.2 Å². The zero-order chi connectivity index (χ0) is 15.1. The van der Waals surface area contributed by atoms with E-state index in [1.165, 1.54) is 24.8 Å². The smallest absolute Gasteiger partial charge is 0.118 e. The predicted molar refractivity (Wildman–Crippen MR) is 87.0 cm³/mol. The zero-order valence-electron chi connectivity index (χ0n) is 13.7. The van der Waals surface area contributed by atoms with Crippen LogP contribution in [0, 0.1) is 0 Å². The Kier molecular flexibility index (Phi) is 6.07. The molecule has 1 aliphatic rings. The van der Waals surface area contributed by atoms with E-state index < -0.39 is 0 Å². The van der Waals surface area contributed by atoms with Crippen molar-refractivity contribution in [3.05, 3.63) is 29.8 Å². The van der Waals surface area contributed by atoms with E-state index in [1.54, 1.807) is 7.11 Å². The summed E-state index contributed by atoms with van der Waals surface area (Å²) in [5.74, 6) is 0.926. The average molecular weight is 291 g/mol. The zero-order valence-corrected chi connectivity index (χ0v) is 13.7. The lowest BCUT2D eigenvalue weighted by Gasteiger charge is -2.43. The van der Waals surface area contributed by atoms with Crippen LogP contribution in [0.2, 0.25) is 0 Å². The summed E-state index contributed by atoms with van der Waals surface area (Å²) in [5.41, 5.74) is 1.52. The van der Waals surface area contributed by atoms with Gasteiger partial charge in [-0.15, -0.1) is 0 Å². The number of aryl methyl sites for hydroxylation is 1. The van der Waals surface area contributed by atoms with Crippen molar-refractivity contribution in [3.8, 4) is 5.75 Å². The van der Waals surface area contributed by atoms with Gasteiger partial charge < -0.3 is 14.8 Å². The Bertz CT molecular complexity index is 406. The molecular weight excluding hydrogens is 262 g/mol. The fourth-order valence-corrected chi connectivity index (χ4v) is 3.21. The maximum absolute atomic E-state index is 5.78. The van der Waals surface area contributed by atoms with Crippen molar-refractivity contribution < 1.29 is 9.47 Å². The number of ether oxygens (including phenoxy) is 2. The van der Waals surface area contributed by atoms with Crippen LogP contribution in [0.15, 0.2) is 24.3 Å². The van der Waals surface area contributed by atoms with Gasteiger partial charge in [0, 0.05) is 13.2 Å². The minimum Gasteiger partial charge on any atom is -0.497 e. The highest BCUT2D eigenvalue weighted by Crippen LogP contribution is 2.39. The molecular formula is C18H29NO2. The van der Waals surface area contributed by atoms with Gasteiger partial charge in [0.05, 0.1) is 12.7 Å². The van der Waals surface area contributed by atoms with Crippen molar-refractivity contribution in [1.82, 2.24) is 5.32 Å². The van der Waals surface area contributed by atoms with E-state index in [9.17, 15) is 0 Å². The van der Waals surface area contributed by atoms with E-state index in [-0.39, 0.29) is 5.60 Å². The molecule has 2 rings (SSSR count). The first-order chi connectivity index (χ1) is 10.2. The highest BCUT2D eigenvalue weighted by Gasteiger charge is 2.38. The van der Waals surface area contributed by atoms with Crippen LogP contribution >= 0.6 is 0 Å². The van der Waals surface area contributed by atoms with Gasteiger partial charge in [0.25, 0.3) is 0 Å². The lowest BCUT2D eigenvalue weighted by atomic mass is 9.75. The van der Waals surface area contributed by atoms with E-state index in [4.69, 9.17) is 9.47 Å². The van der Waals surface area contributed by atoms with Gasteiger partial charge in [-0.1, -0.05) is 19.1 Å². The summed E-state index contributed by atoms with van der Waals surface area (Å²) in [5, 5.41) is 3.63. The molecule has 0 heterocycles. The predicted octanol–water partition coefficient (Wildman–Crippen LogP) is 3.57. The fraction of sp³-hybridized carbons (Fsp3) is 0.667. The van der Waals surface area contributed by atoms with Crippen LogP contribution in [0.5, 0.6) is 5.75 Å². The maximum Gasteiger partial charge on any atom is 0.118 e. The highest BCUT2D eigenvalue weighted by atomic mass is 16.5. The van der Waals surface area contributed by atoms with Gasteiger partial charge >= 0.3 is 0 Å². The first-order valence-corrected chi connectivity index (χ1v) is 8.13. The Balaban J connectivity index is 1.86. The molecule has 0 aromatic heterocycles. The van der Waals surface area contributed by atoms with Crippen molar-refractivity contribution in [3.63, 3.8) is 0 Å². The van der Waals surface area contributed by atoms with Crippen molar-refractivity contribution in [2.45, 2.75) is 57.1 Å². The molecule has 3 heteroatoms. The van der Waals surface area contributed by atoms with Gasteiger partial charge in [-0.3, -0.25) is 0 Å². The Labute approximate surface area is 129 Å². The van der Waals surface area contributed by atoms with E-state index in [0.717, 1.165) is 31.6 Å². The minimum atomic E-state index is 0.146. The standard InChI is InChI=1S/C18H29NO2/c1-4-19-16(14-18(21-3)12-5-13-18)9-6-15-7-10-17(20-2)11-8-15/h7-8,10-11,16,19H,4-6,9,12-14H2,1-3H3. The van der Waals surface area contributed by atoms with E-state index in [2.05, 4.69) is 24.4 Å². The number of benzene rings is 1. The first kappa shape index (κ1) is 16.3. The van der Waals surface area contributed by atoms with Gasteiger partial charge in [0.1, 0.15) is 5.75 Å². The number of methoxy groups -OCH3 is 2. The Morgan fingerprint density at radius 1 is 1.19 bits per heavy atom. The van der Waals surface area contributed by atoms with Crippen molar-refractivity contribution in [1.29, 1.82) is 0 Å². The second-order valence-corrected chi connectivity index (χ2v) is 6.09. The van der Waals surface area contributed by atoms with Crippen LogP contribution in [-0.4, -0.2) is 32.4 Å². The average Bonchev–Trinajstić information content (AvgIpc) is 2.49. The molecule has 0 aliphatic heterocycles. The summed E-state index contributed by atoms with van der Waals surface area (Å²) in [4.78, 5) is 0. The maximum atomic E-state index is 5.78. The molecule has 1 aromatic rings. The molecule has 21 heavy (non-hydrogen) atoms. The third-order valence-electron chi connectivity index (χ3n) is 4.75. The molecule has 0 radical (unpaired) electrons. The Morgan fingerprint density at radius 3 is 2.38 bits per heavy atom. The lowest BCUT2D eigenvalue weighted by molar-refractivity contribution is -0.0837. The Hall–Kier alpha value is -1.06. The molecule has 1 atom stereocenters. The second kappa shape index (κ2) is 7.81. The highest BCUT2D eigenvalue weighted by molar-refractivity contribution is 5.27. The molecule has 3 nitrogen and oxygen atoms in total. The topological polar surface area (TPSA) is 30.5 Å². The molecule has 1 fully saturated rings. The van der Waals surface area contributed by atoms with Crippen molar-refractivity contribution >= 4 is 0 Å². The molecule has 1 aliphatic carbocycles. The van der Waals surface area contributed by atoms with Crippen molar-refractivity contribution in [2.24, 2.45) is 0 Å². The summed E-state index contributed by atoms with van der Waals surface area (Å²) >= 11 is 0. The molecule has 0 bridgehead atoms. The SMILES string of the molecule is CCNC(CCc1ccc(OC)cc1)CC1(OC)CCC1. The third kappa shape index (κ3) is 4.45. The van der Waals surface area contributed by atoms with Gasteiger partial charge in [-0.05, 0) is 62.8 Å². The quantitative estimate of drug-likeness (QED) is 0.754. The molecule has 0 amide bonds. The number of rotatable bonds is 9. The van der Waals surface area contributed by atoms with Crippen LogP contribution in [0.3, 0.4) is 0 Å². The van der Waals surface area contributed by atoms with E-state index >= 15 is 0 Å². The molecule has 118 valence electrons. The van der Waals surface area contributed by atoms with Gasteiger partial charge in [-0.25, -0.2) is 0 Å². The van der Waals surface area contributed by atoms with E-state index in [0.29, 0.717) is 6.04 Å².